The van der Waals surface area contributed by atoms with Crippen molar-refractivity contribution in [1.82, 2.24) is 10.2 Å². The van der Waals surface area contributed by atoms with E-state index in [0.717, 1.165) is 88.7 Å². The molecule has 0 aromatic heterocycles. The van der Waals surface area contributed by atoms with Crippen LogP contribution in [-0.4, -0.2) is 226 Å². The average molecular weight is 1100 g/mol. The van der Waals surface area contributed by atoms with Crippen LogP contribution in [-0.2, 0) is 81.4 Å². The van der Waals surface area contributed by atoms with Crippen molar-refractivity contribution >= 4 is 29.1 Å². The van der Waals surface area contributed by atoms with Crippen LogP contribution in [0.4, 0.5) is 11.4 Å². The van der Waals surface area contributed by atoms with Crippen LogP contribution in [0, 0.1) is 11.8 Å². The Kier molecular flexibility index (Phi) is 29.1. The van der Waals surface area contributed by atoms with Gasteiger partial charge in [0.15, 0.2) is 0 Å². The van der Waals surface area contributed by atoms with Crippen molar-refractivity contribution in [2.75, 3.05) is 196 Å². The molecule has 1 aliphatic carbocycles. The van der Waals surface area contributed by atoms with E-state index >= 15 is 0 Å². The molecule has 20 nitrogen and oxygen atoms in total. The van der Waals surface area contributed by atoms with Gasteiger partial charge < -0.3 is 77.1 Å². The molecule has 4 fully saturated rings. The van der Waals surface area contributed by atoms with Crippen molar-refractivity contribution in [1.29, 1.82) is 0 Å². The number of fused-ring (bicyclic) bond motifs is 2. The number of nitrogens with one attached hydrogen (secondary N) is 2. The summed E-state index contributed by atoms with van der Waals surface area (Å²) in [5.41, 5.74) is 4.58. The topological polar surface area (TPSA) is 202 Å². The highest BCUT2D eigenvalue weighted by Gasteiger charge is 2.71. The second kappa shape index (κ2) is 36.3. The first kappa shape index (κ1) is 62.4. The van der Waals surface area contributed by atoms with E-state index in [0.29, 0.717) is 202 Å². The minimum absolute atomic E-state index is 0.00851. The number of rotatable bonds is 48. The van der Waals surface area contributed by atoms with Gasteiger partial charge in [-0.1, -0.05) is 50.2 Å². The first-order valence-corrected chi connectivity index (χ1v) is 29.4. The van der Waals surface area contributed by atoms with Crippen LogP contribution in [0.3, 0.4) is 0 Å². The van der Waals surface area contributed by atoms with Gasteiger partial charge in [0.2, 0.25) is 17.7 Å². The summed E-state index contributed by atoms with van der Waals surface area (Å²) in [5.74, 6) is 1.06. The average Bonchev–Trinajstić information content (AvgIpc) is 2.41. The van der Waals surface area contributed by atoms with Crippen LogP contribution in [0.1, 0.15) is 89.0 Å². The first-order valence-electron chi connectivity index (χ1n) is 29.4. The number of benzene rings is 1. The molecule has 5 aliphatic heterocycles. The summed E-state index contributed by atoms with van der Waals surface area (Å²) < 4.78 is 71.7. The predicted molar refractivity (Wildman–Crippen MR) is 292 cm³/mol. The number of carbonyl (C=O) groups excluding carboxylic acids is 3. The molecule has 6 atom stereocenters. The van der Waals surface area contributed by atoms with E-state index in [-0.39, 0.29) is 35.3 Å². The zero-order valence-electron chi connectivity index (χ0n) is 46.9. The van der Waals surface area contributed by atoms with Gasteiger partial charge in [0.1, 0.15) is 0 Å². The molecule has 2 bridgehead atoms. The Labute approximate surface area is 463 Å². The summed E-state index contributed by atoms with van der Waals surface area (Å²) >= 11 is 0. The minimum Gasteiger partial charge on any atom is -0.382 e. The molecule has 1 spiro atoms. The van der Waals surface area contributed by atoms with Crippen molar-refractivity contribution in [3.05, 3.63) is 35.4 Å². The van der Waals surface area contributed by atoms with Crippen LogP contribution in [0.5, 0.6) is 0 Å². The highest BCUT2D eigenvalue weighted by molar-refractivity contribution is 6.00. The van der Waals surface area contributed by atoms with Crippen molar-refractivity contribution < 1.29 is 76.0 Å². The van der Waals surface area contributed by atoms with E-state index in [1.807, 2.05) is 6.07 Å². The molecule has 7 rings (SSSR count). The number of hydrogen-bond donors (Lipinski definition) is 2. The lowest BCUT2D eigenvalue weighted by Gasteiger charge is -2.58. The number of amides is 3. The lowest BCUT2D eigenvalue weighted by molar-refractivity contribution is -0.132. The first-order chi connectivity index (χ1) is 38.5. The Balaban J connectivity index is 0.563. The second-order valence-electron chi connectivity index (χ2n) is 20.9. The number of nitrogens with zero attached hydrogens (tertiary/aromatic N) is 2. The van der Waals surface area contributed by atoms with E-state index in [4.69, 9.17) is 61.6 Å². The number of anilines is 2. The third-order valence-corrected chi connectivity index (χ3v) is 15.9. The van der Waals surface area contributed by atoms with E-state index in [1.54, 1.807) is 7.11 Å². The van der Waals surface area contributed by atoms with Crippen molar-refractivity contribution in [3.8, 4) is 0 Å². The molecule has 3 amide bonds. The monoisotopic (exact) mass is 1100 g/mol. The normalized spacial score (nSPS) is 22.7. The Morgan fingerprint density at radius 2 is 1.12 bits per heavy atom. The largest absolute Gasteiger partial charge is 0.382 e. The summed E-state index contributed by atoms with van der Waals surface area (Å²) in [5, 5.41) is 6.22. The fourth-order valence-corrected chi connectivity index (χ4v) is 12.2. The molecule has 1 aromatic rings. The Bertz CT molecular complexity index is 1920. The Hall–Kier alpha value is -3.19. The van der Waals surface area contributed by atoms with Gasteiger partial charge in [-0.2, -0.15) is 0 Å². The zero-order chi connectivity index (χ0) is 54.3. The number of carbonyl (C=O) groups is 3. The summed E-state index contributed by atoms with van der Waals surface area (Å²) in [7, 11) is 1.64. The van der Waals surface area contributed by atoms with Gasteiger partial charge >= 0.3 is 0 Å². The summed E-state index contributed by atoms with van der Waals surface area (Å²) in [4.78, 5) is 44.0. The number of methoxy groups -OCH3 is 1. The van der Waals surface area contributed by atoms with Crippen LogP contribution in [0.25, 0.3) is 0 Å². The highest BCUT2D eigenvalue weighted by atomic mass is 16.6. The summed E-state index contributed by atoms with van der Waals surface area (Å²) in [6.45, 7) is 14.7. The zero-order valence-corrected chi connectivity index (χ0v) is 46.9. The van der Waals surface area contributed by atoms with Crippen molar-refractivity contribution in [2.24, 2.45) is 11.8 Å². The number of ether oxygens (including phenoxy) is 13. The summed E-state index contributed by atoms with van der Waals surface area (Å²) in [6, 6.07) is 6.85. The highest BCUT2D eigenvalue weighted by Crippen LogP contribution is 2.66. The lowest BCUT2D eigenvalue weighted by atomic mass is 9.53. The van der Waals surface area contributed by atoms with Gasteiger partial charge in [-0.3, -0.25) is 19.3 Å². The molecule has 20 heteroatoms. The smallest absolute Gasteiger partial charge is 0.229 e. The third kappa shape index (κ3) is 19.5. The molecule has 5 heterocycles. The van der Waals surface area contributed by atoms with Gasteiger partial charge in [0.25, 0.3) is 0 Å². The van der Waals surface area contributed by atoms with Crippen LogP contribution in [0.15, 0.2) is 29.8 Å². The maximum atomic E-state index is 13.8. The SMILES string of the molecule is COCCOCCOCCOCCOCCOCCOCCOCCOCCOCCOCCOCCC(=O)NCCCCCCCCCCC(=O)Nc1ccc2c(c1)[C@@]13CCN4CC5=CCO[C@H]6CC(=O)N2[C@H]1[C@H]6[C@H]5C[C@H]43. The minimum atomic E-state index is -0.104. The van der Waals surface area contributed by atoms with Gasteiger partial charge in [0, 0.05) is 61.8 Å². The fraction of sp³-hybridized carbons (Fsp3) is 0.810. The third-order valence-electron chi connectivity index (χ3n) is 15.9. The molecule has 1 aromatic carbocycles. The van der Waals surface area contributed by atoms with E-state index < -0.39 is 0 Å². The van der Waals surface area contributed by atoms with Gasteiger partial charge in [-0.05, 0) is 61.9 Å². The van der Waals surface area contributed by atoms with E-state index in [1.165, 1.54) is 11.1 Å². The molecule has 0 unspecified atom stereocenters. The van der Waals surface area contributed by atoms with Crippen molar-refractivity contribution in [2.45, 2.75) is 107 Å². The second-order valence-corrected chi connectivity index (χ2v) is 20.9. The quantitative estimate of drug-likeness (QED) is 0.0660. The molecule has 1 saturated carbocycles. The molecular weight excluding hydrogens is 1010 g/mol. The molecule has 78 heavy (non-hydrogen) atoms. The summed E-state index contributed by atoms with van der Waals surface area (Å²) in [6.07, 6.45) is 14.3. The number of unbranched alkanes of at least 4 members (excludes halogenated alkanes) is 7. The van der Waals surface area contributed by atoms with Crippen LogP contribution < -0.4 is 15.5 Å². The fourth-order valence-electron chi connectivity index (χ4n) is 12.2. The van der Waals surface area contributed by atoms with Crippen LogP contribution >= 0.6 is 0 Å². The maximum Gasteiger partial charge on any atom is 0.229 e. The lowest BCUT2D eigenvalue weighted by Crippen LogP contribution is -2.69. The standard InChI is InChI=1S/C58H94N4O16/c1-66-20-21-68-24-25-70-28-29-72-32-33-74-36-37-76-40-41-77-39-38-75-35-34-73-31-30-71-27-26-69-23-22-67-18-14-53(63)59-16-9-7-5-3-2-4-6-8-10-54(64)60-47-11-12-50-49(42-47)58-15-17-61-45-46-13-19-78-51-44-55(65)62(50)57(58)56(51)48(46)43-52(58)61/h11-13,42,48,51-52,56-57H,2-10,14-41,43-45H2,1H3,(H,59,63)(H,60,64)/t48-,51-,52-,56-,57-,58+/m0/s1. The van der Waals surface area contributed by atoms with E-state index in [9.17, 15) is 14.4 Å². The van der Waals surface area contributed by atoms with Gasteiger partial charge in [-0.25, -0.2) is 0 Å². The molecule has 0 radical (unpaired) electrons. The van der Waals surface area contributed by atoms with Gasteiger partial charge in [0.05, 0.1) is 177 Å². The number of hydrogen-bond acceptors (Lipinski definition) is 17. The predicted octanol–water partition coefficient (Wildman–Crippen LogP) is 4.88. The van der Waals surface area contributed by atoms with Crippen LogP contribution in [0.2, 0.25) is 0 Å². The molecule has 2 N–H and O–H groups in total. The van der Waals surface area contributed by atoms with E-state index in [2.05, 4.69) is 38.6 Å². The molecule has 442 valence electrons. The van der Waals surface area contributed by atoms with Crippen molar-refractivity contribution in [3.63, 3.8) is 0 Å². The van der Waals surface area contributed by atoms with Gasteiger partial charge in [-0.15, -0.1) is 0 Å². The maximum absolute atomic E-state index is 13.8. The number of piperidine rings is 2. The molecule has 6 aliphatic rings. The molecular formula is C58H94N4O16. The Morgan fingerprint density at radius 1 is 0.615 bits per heavy atom. The Morgan fingerprint density at radius 3 is 1.65 bits per heavy atom. The molecule has 3 saturated heterocycles.